The van der Waals surface area contributed by atoms with E-state index >= 15 is 0 Å². The van der Waals surface area contributed by atoms with Crippen LogP contribution >= 0.6 is 0 Å². The van der Waals surface area contributed by atoms with Crippen LogP contribution in [0.3, 0.4) is 0 Å². The number of hydrogen-bond donors (Lipinski definition) is 2. The Hall–Kier alpha value is -2.02. The Balaban J connectivity index is 2.88. The number of carbonyl (C=O) groups excluding carboxylic acids is 1. The fraction of sp³-hybridized carbons (Fsp3) is 0.143. The van der Waals surface area contributed by atoms with Gasteiger partial charge in [0, 0.05) is 6.92 Å². The van der Waals surface area contributed by atoms with Gasteiger partial charge in [-0.3, -0.25) is 4.79 Å². The van der Waals surface area contributed by atoms with Gasteiger partial charge in [-0.05, 0) is 0 Å². The Morgan fingerprint density at radius 3 is 2.71 bits per heavy atom. The molecule has 1 heterocycles. The number of carbonyl (C=O) groups is 1. The van der Waals surface area contributed by atoms with E-state index in [-0.39, 0.29) is 11.5 Å². The molecule has 0 saturated carbocycles. The highest BCUT2D eigenvalue weighted by molar-refractivity contribution is 5.91. The monoisotopic (exact) mass is 194 g/mol. The Bertz CT molecular complexity index is 346. The zero-order valence-electron chi connectivity index (χ0n) is 7.58. The summed E-state index contributed by atoms with van der Waals surface area (Å²) in [6.07, 6.45) is 3.87. The van der Waals surface area contributed by atoms with Gasteiger partial charge >= 0.3 is 0 Å². The number of hydrazine groups is 1. The Labute approximate surface area is 80.4 Å². The van der Waals surface area contributed by atoms with Crippen LogP contribution in [0, 0.1) is 0 Å². The third-order valence-electron chi connectivity index (χ3n) is 1.45. The van der Waals surface area contributed by atoms with Gasteiger partial charge in [-0.15, -0.1) is 0 Å². The molecule has 4 N–H and O–H groups in total. The van der Waals surface area contributed by atoms with Crippen LogP contribution in [-0.4, -0.2) is 22.1 Å². The number of hydrazone groups is 1. The third-order valence-corrected chi connectivity index (χ3v) is 1.45. The topological polar surface area (TPSA) is 110 Å². The smallest absolute Gasteiger partial charge is 0.179 e. The lowest BCUT2D eigenvalue weighted by atomic mass is 10.3. The second kappa shape index (κ2) is 4.28. The van der Waals surface area contributed by atoms with Crippen molar-refractivity contribution in [2.75, 3.05) is 5.01 Å². The summed E-state index contributed by atoms with van der Waals surface area (Å²) in [5.74, 6) is 10.5. The first-order valence-corrected chi connectivity index (χ1v) is 3.75. The summed E-state index contributed by atoms with van der Waals surface area (Å²) in [5, 5.41) is 4.30. The first-order valence-electron chi connectivity index (χ1n) is 3.75. The van der Waals surface area contributed by atoms with Crippen molar-refractivity contribution >= 4 is 17.9 Å². The summed E-state index contributed by atoms with van der Waals surface area (Å²) >= 11 is 0. The molecule has 1 rings (SSSR count). The maximum absolute atomic E-state index is 10.9. The number of ketones is 1. The van der Waals surface area contributed by atoms with Crippen molar-refractivity contribution in [1.82, 2.24) is 9.97 Å². The highest BCUT2D eigenvalue weighted by atomic mass is 16.1. The van der Waals surface area contributed by atoms with Crippen LogP contribution in [0.4, 0.5) is 5.82 Å². The van der Waals surface area contributed by atoms with Crippen molar-refractivity contribution in [1.29, 1.82) is 0 Å². The number of nitrogens with two attached hydrogens (primary N) is 2. The van der Waals surface area contributed by atoms with Gasteiger partial charge in [0.15, 0.2) is 11.6 Å². The second-order valence-electron chi connectivity index (χ2n) is 2.49. The fourth-order valence-electron chi connectivity index (χ4n) is 0.767. The number of aromatic nitrogens is 2. The first kappa shape index (κ1) is 10.1. The molecule has 0 aliphatic carbocycles. The van der Waals surface area contributed by atoms with Crippen LogP contribution in [0.1, 0.15) is 17.4 Å². The van der Waals surface area contributed by atoms with E-state index in [1.165, 1.54) is 25.7 Å². The van der Waals surface area contributed by atoms with Gasteiger partial charge in [0.25, 0.3) is 0 Å². The zero-order chi connectivity index (χ0) is 10.6. The van der Waals surface area contributed by atoms with E-state index in [1.54, 1.807) is 0 Å². The summed E-state index contributed by atoms with van der Waals surface area (Å²) < 4.78 is 0. The van der Waals surface area contributed by atoms with E-state index in [2.05, 4.69) is 15.1 Å². The van der Waals surface area contributed by atoms with Crippen LogP contribution in [0.2, 0.25) is 0 Å². The lowest BCUT2D eigenvalue weighted by Gasteiger charge is -2.09. The summed E-state index contributed by atoms with van der Waals surface area (Å²) in [4.78, 5) is 18.6. The summed E-state index contributed by atoms with van der Waals surface area (Å²) in [6.45, 7) is 1.41. The van der Waals surface area contributed by atoms with Gasteiger partial charge in [0.05, 0.1) is 12.4 Å². The number of rotatable bonds is 3. The van der Waals surface area contributed by atoms with Crippen LogP contribution in [0.5, 0.6) is 0 Å². The molecule has 0 aromatic carbocycles. The molecular formula is C7H10N6O. The molecule has 14 heavy (non-hydrogen) atoms. The Kier molecular flexibility index (Phi) is 3.08. The Morgan fingerprint density at radius 1 is 1.57 bits per heavy atom. The van der Waals surface area contributed by atoms with Gasteiger partial charge in [-0.2, -0.15) is 5.10 Å². The number of nitrogens with zero attached hydrogens (tertiary/aromatic N) is 4. The molecule has 0 atom stereocenters. The molecular weight excluding hydrogens is 184 g/mol. The molecule has 0 aliphatic heterocycles. The van der Waals surface area contributed by atoms with E-state index in [0.717, 1.165) is 5.01 Å². The van der Waals surface area contributed by atoms with Crippen LogP contribution in [0.25, 0.3) is 0 Å². The molecule has 0 bridgehead atoms. The van der Waals surface area contributed by atoms with Crippen molar-refractivity contribution in [3.63, 3.8) is 0 Å². The predicted molar refractivity (Wildman–Crippen MR) is 51.4 cm³/mol. The summed E-state index contributed by atoms with van der Waals surface area (Å²) in [7, 11) is 0. The van der Waals surface area contributed by atoms with Gasteiger partial charge in [-0.25, -0.2) is 20.8 Å². The predicted octanol–water partition coefficient (Wildman–Crippen LogP) is -0.739. The largest absolute Gasteiger partial charge is 0.322 e. The number of hydrogen-bond acceptors (Lipinski definition) is 6. The standard InChI is InChI=1S/C7H10N6O/c1-5(14)6-2-11-7(3-10-6)13(9)4-12-8/h2-4H,8-9H2,1H3/b12-4-. The van der Waals surface area contributed by atoms with E-state index in [1.807, 2.05) is 0 Å². The third kappa shape index (κ3) is 2.23. The van der Waals surface area contributed by atoms with E-state index in [0.29, 0.717) is 5.82 Å². The van der Waals surface area contributed by atoms with Gasteiger partial charge in [0.1, 0.15) is 12.0 Å². The van der Waals surface area contributed by atoms with Crippen molar-refractivity contribution in [3.05, 3.63) is 18.1 Å². The highest BCUT2D eigenvalue weighted by Gasteiger charge is 2.04. The lowest BCUT2D eigenvalue weighted by molar-refractivity contribution is 0.101. The molecule has 0 radical (unpaired) electrons. The average Bonchev–Trinajstić information content (AvgIpc) is 2.18. The SMILES string of the molecule is CC(=O)c1cnc(N(N)/C=N\N)cn1. The quantitative estimate of drug-likeness (QED) is 0.215. The molecule has 0 spiro atoms. The second-order valence-corrected chi connectivity index (χ2v) is 2.49. The average molecular weight is 194 g/mol. The Morgan fingerprint density at radius 2 is 2.29 bits per heavy atom. The molecule has 0 saturated heterocycles. The summed E-state index contributed by atoms with van der Waals surface area (Å²) in [6, 6.07) is 0. The molecule has 0 aliphatic rings. The van der Waals surface area contributed by atoms with Crippen LogP contribution in [0.15, 0.2) is 17.5 Å². The number of Topliss-reactive ketones (excluding diaryl/α,β-unsaturated/α-hetero) is 1. The molecule has 7 heteroatoms. The molecule has 0 fully saturated rings. The fourth-order valence-corrected chi connectivity index (χ4v) is 0.767. The van der Waals surface area contributed by atoms with Crippen molar-refractivity contribution in [3.8, 4) is 0 Å². The van der Waals surface area contributed by atoms with E-state index in [4.69, 9.17) is 11.7 Å². The highest BCUT2D eigenvalue weighted by Crippen LogP contribution is 2.03. The molecule has 0 amide bonds. The molecule has 1 aromatic rings. The lowest BCUT2D eigenvalue weighted by Crippen LogP contribution is -2.30. The minimum atomic E-state index is -0.153. The maximum atomic E-state index is 10.9. The van der Waals surface area contributed by atoms with E-state index < -0.39 is 0 Å². The van der Waals surface area contributed by atoms with Crippen molar-refractivity contribution in [2.24, 2.45) is 16.8 Å². The molecule has 1 aromatic heterocycles. The van der Waals surface area contributed by atoms with Crippen LogP contribution < -0.4 is 16.7 Å². The molecule has 0 unspecified atom stereocenters. The minimum absolute atomic E-state index is 0.153. The zero-order valence-corrected chi connectivity index (χ0v) is 7.58. The van der Waals surface area contributed by atoms with Gasteiger partial charge in [0.2, 0.25) is 0 Å². The van der Waals surface area contributed by atoms with Crippen molar-refractivity contribution in [2.45, 2.75) is 6.92 Å². The van der Waals surface area contributed by atoms with Gasteiger partial charge in [-0.1, -0.05) is 0 Å². The molecule has 7 nitrogen and oxygen atoms in total. The normalized spacial score (nSPS) is 10.4. The maximum Gasteiger partial charge on any atom is 0.179 e. The van der Waals surface area contributed by atoms with E-state index in [9.17, 15) is 4.79 Å². The number of anilines is 1. The van der Waals surface area contributed by atoms with Gasteiger partial charge < -0.3 is 5.84 Å². The minimum Gasteiger partial charge on any atom is -0.322 e. The summed E-state index contributed by atoms with van der Waals surface area (Å²) in [5.41, 5.74) is 0.284. The first-order chi connectivity index (χ1) is 6.65. The van der Waals surface area contributed by atoms with Crippen molar-refractivity contribution < 1.29 is 4.79 Å². The van der Waals surface area contributed by atoms with Crippen LogP contribution in [-0.2, 0) is 0 Å². The molecule has 74 valence electrons.